The molecule has 5 aromatic rings. The van der Waals surface area contributed by atoms with E-state index in [0.29, 0.717) is 22.0 Å². The van der Waals surface area contributed by atoms with E-state index in [1.807, 2.05) is 51.1 Å². The van der Waals surface area contributed by atoms with Gasteiger partial charge in [-0.15, -0.1) is 0 Å². The molecule has 0 fully saturated rings. The van der Waals surface area contributed by atoms with Crippen LogP contribution in [0.2, 0.25) is 5.02 Å². The van der Waals surface area contributed by atoms with Crippen molar-refractivity contribution in [1.29, 1.82) is 5.26 Å². The molecule has 0 saturated heterocycles. The van der Waals surface area contributed by atoms with Crippen LogP contribution in [0.5, 0.6) is 5.75 Å². The van der Waals surface area contributed by atoms with Crippen LogP contribution in [0.3, 0.4) is 0 Å². The number of rotatable bonds is 6. The van der Waals surface area contributed by atoms with Crippen LogP contribution in [0, 0.1) is 25.2 Å². The van der Waals surface area contributed by atoms with Crippen LogP contribution in [0.4, 0.5) is 0 Å². The Morgan fingerprint density at radius 3 is 2.81 bits per heavy atom. The van der Waals surface area contributed by atoms with Crippen molar-refractivity contribution < 1.29 is 4.74 Å². The van der Waals surface area contributed by atoms with Gasteiger partial charge in [-0.1, -0.05) is 23.7 Å². The summed E-state index contributed by atoms with van der Waals surface area (Å²) in [4.78, 5) is 22.0. The van der Waals surface area contributed by atoms with E-state index in [4.69, 9.17) is 21.3 Å². The van der Waals surface area contributed by atoms with Crippen LogP contribution in [-0.4, -0.2) is 24.7 Å². The van der Waals surface area contributed by atoms with Crippen molar-refractivity contribution in [3.63, 3.8) is 0 Å². The number of aromatic amines is 1. The molecule has 5 rings (SSSR count). The minimum atomic E-state index is -0.471. The van der Waals surface area contributed by atoms with Gasteiger partial charge < -0.3 is 9.30 Å². The topological polar surface area (TPSA) is 109 Å². The smallest absolute Gasteiger partial charge is 0.269 e. The maximum absolute atomic E-state index is 12.8. The van der Waals surface area contributed by atoms with Gasteiger partial charge in [0.25, 0.3) is 5.56 Å². The summed E-state index contributed by atoms with van der Waals surface area (Å²) in [5.74, 6) is 0.599. The van der Waals surface area contributed by atoms with E-state index >= 15 is 0 Å². The van der Waals surface area contributed by atoms with Gasteiger partial charge in [-0.2, -0.15) is 10.4 Å². The van der Waals surface area contributed by atoms with Gasteiger partial charge in [0.2, 0.25) is 0 Å². The lowest BCUT2D eigenvalue weighted by atomic mass is 10.0. The number of para-hydroxylation sites is 1. The van der Waals surface area contributed by atoms with Gasteiger partial charge >= 0.3 is 0 Å². The molecule has 0 saturated carbocycles. The lowest BCUT2D eigenvalue weighted by Crippen LogP contribution is -2.26. The highest BCUT2D eigenvalue weighted by Gasteiger charge is 2.20. The molecule has 4 heterocycles. The molecule has 37 heavy (non-hydrogen) atoms. The maximum atomic E-state index is 12.8. The zero-order valence-corrected chi connectivity index (χ0v) is 21.2. The van der Waals surface area contributed by atoms with Gasteiger partial charge in [-0.3, -0.25) is 14.9 Å². The second kappa shape index (κ2) is 9.88. The van der Waals surface area contributed by atoms with E-state index in [1.165, 1.54) is 10.6 Å². The Kier molecular flexibility index (Phi) is 6.47. The second-order valence-electron chi connectivity index (χ2n) is 8.76. The minimum absolute atomic E-state index is 0.0645. The van der Waals surface area contributed by atoms with E-state index in [1.54, 1.807) is 30.7 Å². The normalized spacial score (nSPS) is 11.9. The Bertz CT molecular complexity index is 1730. The molecule has 1 aromatic carbocycles. The highest BCUT2D eigenvalue weighted by atomic mass is 35.5. The monoisotopic (exact) mass is 510 g/mol. The molecule has 0 aliphatic rings. The number of benzene rings is 1. The summed E-state index contributed by atoms with van der Waals surface area (Å²) in [6.45, 7) is 5.90. The summed E-state index contributed by atoms with van der Waals surface area (Å²) >= 11 is 6.59. The Morgan fingerprint density at radius 1 is 1.22 bits per heavy atom. The van der Waals surface area contributed by atoms with Gasteiger partial charge in [0.05, 0.1) is 28.6 Å². The quantitative estimate of drug-likeness (QED) is 0.322. The van der Waals surface area contributed by atoms with Crippen molar-refractivity contribution in [2.24, 2.45) is 0 Å². The van der Waals surface area contributed by atoms with Gasteiger partial charge in [0.1, 0.15) is 29.5 Å². The SMILES string of the molecule is Cc1cc(-c2[nH]ncc2C)c2cccc(OCc3c(Cl)ccnc3C(C)n3cccc(C#N)c3=O)c2n1. The molecule has 4 aromatic heterocycles. The summed E-state index contributed by atoms with van der Waals surface area (Å²) in [6, 6.07) is 14.1. The zero-order valence-electron chi connectivity index (χ0n) is 20.5. The zero-order chi connectivity index (χ0) is 26.1. The number of nitriles is 1. The van der Waals surface area contributed by atoms with Gasteiger partial charge in [0.15, 0.2) is 0 Å². The molecule has 0 spiro atoms. The Labute approximate surface area is 218 Å². The summed E-state index contributed by atoms with van der Waals surface area (Å²) < 4.78 is 7.77. The predicted octanol–water partition coefficient (Wildman–Crippen LogP) is 5.51. The lowest BCUT2D eigenvalue weighted by molar-refractivity contribution is 0.306. The largest absolute Gasteiger partial charge is 0.486 e. The van der Waals surface area contributed by atoms with Crippen LogP contribution >= 0.6 is 11.6 Å². The highest BCUT2D eigenvalue weighted by Crippen LogP contribution is 2.34. The molecule has 0 radical (unpaired) electrons. The van der Waals surface area contributed by atoms with Crippen molar-refractivity contribution in [2.45, 2.75) is 33.4 Å². The first kappa shape index (κ1) is 24.2. The summed E-state index contributed by atoms with van der Waals surface area (Å²) in [5, 5.41) is 17.9. The third-order valence-electron chi connectivity index (χ3n) is 6.34. The molecule has 0 aliphatic heterocycles. The van der Waals surface area contributed by atoms with E-state index in [-0.39, 0.29) is 17.7 Å². The Balaban J connectivity index is 1.54. The fourth-order valence-electron chi connectivity index (χ4n) is 4.46. The first-order valence-corrected chi connectivity index (χ1v) is 12.0. The number of nitrogens with one attached hydrogen (secondary N) is 1. The van der Waals surface area contributed by atoms with Gasteiger partial charge in [0, 0.05) is 34.6 Å². The molecule has 184 valence electrons. The number of nitrogens with zero attached hydrogens (tertiary/aromatic N) is 5. The first-order chi connectivity index (χ1) is 17.9. The fourth-order valence-corrected chi connectivity index (χ4v) is 4.67. The van der Waals surface area contributed by atoms with Crippen molar-refractivity contribution >= 4 is 22.5 Å². The first-order valence-electron chi connectivity index (χ1n) is 11.7. The average molecular weight is 511 g/mol. The Morgan fingerprint density at radius 2 is 2.05 bits per heavy atom. The minimum Gasteiger partial charge on any atom is -0.486 e. The van der Waals surface area contributed by atoms with Gasteiger partial charge in [-0.25, -0.2) is 4.98 Å². The van der Waals surface area contributed by atoms with Crippen LogP contribution in [0.1, 0.15) is 41.0 Å². The number of H-pyrrole nitrogens is 1. The predicted molar refractivity (Wildman–Crippen MR) is 142 cm³/mol. The van der Waals surface area contributed by atoms with Crippen molar-refractivity contribution in [3.05, 3.63) is 105 Å². The average Bonchev–Trinajstić information content (AvgIpc) is 3.32. The molecule has 1 atom stereocenters. The molecular weight excluding hydrogens is 488 g/mol. The van der Waals surface area contributed by atoms with Gasteiger partial charge in [-0.05, 0) is 56.7 Å². The van der Waals surface area contributed by atoms with E-state index in [9.17, 15) is 10.1 Å². The number of pyridine rings is 3. The van der Waals surface area contributed by atoms with Crippen LogP contribution < -0.4 is 10.3 Å². The molecule has 0 amide bonds. The molecule has 0 bridgehead atoms. The number of ether oxygens (including phenoxy) is 1. The summed E-state index contributed by atoms with van der Waals surface area (Å²) in [7, 11) is 0. The maximum Gasteiger partial charge on any atom is 0.269 e. The van der Waals surface area contributed by atoms with E-state index < -0.39 is 6.04 Å². The number of aromatic nitrogens is 5. The molecule has 0 aliphatic carbocycles. The summed E-state index contributed by atoms with van der Waals surface area (Å²) in [6.07, 6.45) is 5.03. The van der Waals surface area contributed by atoms with Crippen molar-refractivity contribution in [3.8, 4) is 23.1 Å². The molecular formula is C28H23ClN6O2. The highest BCUT2D eigenvalue weighted by molar-refractivity contribution is 6.31. The van der Waals surface area contributed by atoms with E-state index in [2.05, 4.69) is 15.2 Å². The molecule has 1 N–H and O–H groups in total. The standard InChI is InChI=1S/C28H23ClN6O2/c1-16-14-32-34-25(16)21-12-17(2)33-27-20(21)7-4-8-24(27)37-15-22-23(29)9-10-31-26(22)18(3)35-11-5-6-19(13-30)28(35)36/h4-12,14,18H,15H2,1-3H3,(H,32,34). The van der Waals surface area contributed by atoms with Crippen LogP contribution in [0.15, 0.2) is 65.8 Å². The number of hydrogen-bond donors (Lipinski definition) is 1. The summed E-state index contributed by atoms with van der Waals surface area (Å²) in [5.41, 5.74) is 5.45. The van der Waals surface area contributed by atoms with Crippen LogP contribution in [0.25, 0.3) is 22.2 Å². The number of fused-ring (bicyclic) bond motifs is 1. The Hall–Kier alpha value is -4.48. The number of aryl methyl sites for hydroxylation is 2. The second-order valence-corrected chi connectivity index (χ2v) is 9.17. The number of hydrogen-bond acceptors (Lipinski definition) is 6. The third kappa shape index (κ3) is 4.46. The fraction of sp³-hybridized carbons (Fsp3) is 0.179. The van der Waals surface area contributed by atoms with Crippen molar-refractivity contribution in [1.82, 2.24) is 24.7 Å². The molecule has 1 unspecified atom stereocenters. The van der Waals surface area contributed by atoms with Crippen LogP contribution in [-0.2, 0) is 6.61 Å². The molecule has 8 nitrogen and oxygen atoms in total. The lowest BCUT2D eigenvalue weighted by Gasteiger charge is -2.19. The van der Waals surface area contributed by atoms with E-state index in [0.717, 1.165) is 33.4 Å². The van der Waals surface area contributed by atoms with Crippen molar-refractivity contribution in [2.75, 3.05) is 0 Å². The molecule has 9 heteroatoms. The third-order valence-corrected chi connectivity index (χ3v) is 6.69. The number of halogens is 1.